The minimum Gasteiger partial charge on any atom is -0.378 e. The molecule has 100 valence electrons. The zero-order valence-corrected chi connectivity index (χ0v) is 11.6. The first kappa shape index (κ1) is 14.5. The molecule has 0 bridgehead atoms. The van der Waals surface area contributed by atoms with Gasteiger partial charge in [-0.2, -0.15) is 0 Å². The van der Waals surface area contributed by atoms with E-state index in [4.69, 9.17) is 5.73 Å². The highest BCUT2D eigenvalue weighted by Gasteiger charge is 2.14. The summed E-state index contributed by atoms with van der Waals surface area (Å²) in [5.74, 6) is 0.295. The number of rotatable bonds is 5. The van der Waals surface area contributed by atoms with E-state index < -0.39 is 6.04 Å². The molecule has 0 saturated heterocycles. The molecule has 1 atom stereocenters. The van der Waals surface area contributed by atoms with Crippen molar-refractivity contribution in [2.24, 2.45) is 11.7 Å². The summed E-state index contributed by atoms with van der Waals surface area (Å²) in [6, 6.07) is 7.25. The monoisotopic (exact) mass is 249 g/mol. The Morgan fingerprint density at radius 3 is 2.28 bits per heavy atom. The maximum absolute atomic E-state index is 11.8. The number of nitrogens with zero attached hydrogens (tertiary/aromatic N) is 1. The fourth-order valence-electron chi connectivity index (χ4n) is 1.69. The summed E-state index contributed by atoms with van der Waals surface area (Å²) in [5, 5.41) is 2.83. The van der Waals surface area contributed by atoms with Crippen LogP contribution in [0.4, 0.5) is 11.4 Å². The van der Waals surface area contributed by atoms with Gasteiger partial charge in [-0.05, 0) is 36.6 Å². The Balaban J connectivity index is 2.59. The van der Waals surface area contributed by atoms with Crippen LogP contribution in [-0.4, -0.2) is 26.0 Å². The quantitative estimate of drug-likeness (QED) is 0.840. The second-order valence-corrected chi connectivity index (χ2v) is 5.17. The van der Waals surface area contributed by atoms with Gasteiger partial charge in [-0.15, -0.1) is 0 Å². The van der Waals surface area contributed by atoms with Crippen LogP contribution < -0.4 is 16.0 Å². The van der Waals surface area contributed by atoms with E-state index in [0.717, 1.165) is 11.4 Å². The van der Waals surface area contributed by atoms with E-state index in [2.05, 4.69) is 19.2 Å². The lowest BCUT2D eigenvalue weighted by atomic mass is 10.0. The van der Waals surface area contributed by atoms with Crippen molar-refractivity contribution in [3.05, 3.63) is 24.3 Å². The van der Waals surface area contributed by atoms with Crippen molar-refractivity contribution in [1.29, 1.82) is 0 Å². The molecule has 0 aliphatic carbocycles. The molecule has 0 fully saturated rings. The molecule has 1 amide bonds. The topological polar surface area (TPSA) is 58.4 Å². The van der Waals surface area contributed by atoms with Gasteiger partial charge >= 0.3 is 0 Å². The van der Waals surface area contributed by atoms with Crippen LogP contribution in [0.2, 0.25) is 0 Å². The molecule has 0 aliphatic heterocycles. The fraction of sp³-hybridized carbons (Fsp3) is 0.500. The largest absolute Gasteiger partial charge is 0.378 e. The molecule has 0 heterocycles. The van der Waals surface area contributed by atoms with Gasteiger partial charge in [-0.1, -0.05) is 13.8 Å². The number of nitrogens with two attached hydrogens (primary N) is 1. The van der Waals surface area contributed by atoms with Gasteiger partial charge < -0.3 is 16.0 Å². The number of hydrogen-bond donors (Lipinski definition) is 2. The third-order valence-corrected chi connectivity index (χ3v) is 2.71. The number of benzene rings is 1. The Morgan fingerprint density at radius 2 is 1.83 bits per heavy atom. The summed E-state index contributed by atoms with van der Waals surface area (Å²) in [7, 11) is 3.96. The number of carbonyl (C=O) groups is 1. The molecular formula is C14H23N3O. The highest BCUT2D eigenvalue weighted by Crippen LogP contribution is 2.16. The van der Waals surface area contributed by atoms with Crippen LogP contribution in [0.3, 0.4) is 0 Å². The van der Waals surface area contributed by atoms with E-state index in [-0.39, 0.29) is 5.91 Å². The average molecular weight is 249 g/mol. The Morgan fingerprint density at radius 1 is 1.28 bits per heavy atom. The third kappa shape index (κ3) is 4.37. The van der Waals surface area contributed by atoms with Crippen molar-refractivity contribution in [3.63, 3.8) is 0 Å². The van der Waals surface area contributed by atoms with Gasteiger partial charge in [0.1, 0.15) is 0 Å². The number of hydrogen-bond acceptors (Lipinski definition) is 3. The second kappa shape index (κ2) is 6.40. The normalized spacial score (nSPS) is 12.3. The first-order valence-electron chi connectivity index (χ1n) is 6.24. The maximum atomic E-state index is 11.8. The highest BCUT2D eigenvalue weighted by atomic mass is 16.2. The summed E-state index contributed by atoms with van der Waals surface area (Å²) in [4.78, 5) is 13.8. The molecule has 0 spiro atoms. The number of amides is 1. The average Bonchev–Trinajstić information content (AvgIpc) is 2.28. The van der Waals surface area contributed by atoms with Crippen molar-refractivity contribution >= 4 is 17.3 Å². The third-order valence-electron chi connectivity index (χ3n) is 2.71. The first-order valence-corrected chi connectivity index (χ1v) is 6.24. The predicted molar refractivity (Wildman–Crippen MR) is 76.8 cm³/mol. The van der Waals surface area contributed by atoms with Gasteiger partial charge in [0.15, 0.2) is 0 Å². The Bertz CT molecular complexity index is 385. The van der Waals surface area contributed by atoms with E-state index >= 15 is 0 Å². The van der Waals surface area contributed by atoms with Crippen LogP contribution in [0.15, 0.2) is 24.3 Å². The van der Waals surface area contributed by atoms with Crippen molar-refractivity contribution in [1.82, 2.24) is 0 Å². The van der Waals surface area contributed by atoms with E-state index in [9.17, 15) is 4.79 Å². The van der Waals surface area contributed by atoms with Crippen LogP contribution in [0, 0.1) is 5.92 Å². The van der Waals surface area contributed by atoms with Gasteiger partial charge in [0, 0.05) is 25.5 Å². The lowest BCUT2D eigenvalue weighted by molar-refractivity contribution is -0.117. The number of anilines is 2. The molecule has 0 saturated carbocycles. The Kier molecular flexibility index (Phi) is 5.16. The molecule has 1 aromatic carbocycles. The van der Waals surface area contributed by atoms with Gasteiger partial charge in [-0.3, -0.25) is 4.79 Å². The highest BCUT2D eigenvalue weighted by molar-refractivity contribution is 5.94. The van der Waals surface area contributed by atoms with E-state index in [1.807, 2.05) is 43.3 Å². The van der Waals surface area contributed by atoms with E-state index in [1.165, 1.54) is 0 Å². The molecule has 3 N–H and O–H groups in total. The van der Waals surface area contributed by atoms with Crippen LogP contribution in [0.1, 0.15) is 20.3 Å². The Labute approximate surface area is 109 Å². The molecule has 1 rings (SSSR count). The minimum atomic E-state index is -0.446. The molecule has 1 aromatic rings. The SMILES string of the molecule is CC(C)CC(N)C(=O)Nc1ccc(N(C)C)cc1. The molecule has 0 aliphatic rings. The van der Waals surface area contributed by atoms with Crippen molar-refractivity contribution in [2.75, 3.05) is 24.3 Å². The predicted octanol–water partition coefficient (Wildman–Crippen LogP) is 2.06. The van der Waals surface area contributed by atoms with Crippen LogP contribution in [0.25, 0.3) is 0 Å². The summed E-state index contributed by atoms with van der Waals surface area (Å²) in [5.41, 5.74) is 7.70. The Hall–Kier alpha value is -1.55. The van der Waals surface area contributed by atoms with Gasteiger partial charge in [0.2, 0.25) is 5.91 Å². The molecule has 4 heteroatoms. The maximum Gasteiger partial charge on any atom is 0.241 e. The van der Waals surface area contributed by atoms with Crippen LogP contribution in [0.5, 0.6) is 0 Å². The first-order chi connectivity index (χ1) is 8.40. The smallest absolute Gasteiger partial charge is 0.241 e. The molecule has 0 radical (unpaired) electrons. The van der Waals surface area contributed by atoms with Crippen molar-refractivity contribution < 1.29 is 4.79 Å². The summed E-state index contributed by atoms with van der Waals surface area (Å²) >= 11 is 0. The number of carbonyl (C=O) groups excluding carboxylic acids is 1. The fourth-order valence-corrected chi connectivity index (χ4v) is 1.69. The van der Waals surface area contributed by atoms with Gasteiger partial charge in [-0.25, -0.2) is 0 Å². The summed E-state index contributed by atoms with van der Waals surface area (Å²) in [6.45, 7) is 4.11. The van der Waals surface area contributed by atoms with E-state index in [1.54, 1.807) is 0 Å². The number of nitrogens with one attached hydrogen (secondary N) is 1. The van der Waals surface area contributed by atoms with E-state index in [0.29, 0.717) is 12.3 Å². The summed E-state index contributed by atoms with van der Waals surface area (Å²) in [6.07, 6.45) is 0.696. The lowest BCUT2D eigenvalue weighted by Gasteiger charge is -2.15. The molecule has 0 aromatic heterocycles. The van der Waals surface area contributed by atoms with Gasteiger partial charge in [0.05, 0.1) is 6.04 Å². The summed E-state index contributed by atoms with van der Waals surface area (Å²) < 4.78 is 0. The molecule has 1 unspecified atom stereocenters. The zero-order chi connectivity index (χ0) is 13.7. The molecular weight excluding hydrogens is 226 g/mol. The lowest BCUT2D eigenvalue weighted by Crippen LogP contribution is -2.36. The molecule has 18 heavy (non-hydrogen) atoms. The second-order valence-electron chi connectivity index (χ2n) is 5.17. The zero-order valence-electron chi connectivity index (χ0n) is 11.6. The van der Waals surface area contributed by atoms with Crippen molar-refractivity contribution in [3.8, 4) is 0 Å². The van der Waals surface area contributed by atoms with Gasteiger partial charge in [0.25, 0.3) is 0 Å². The molecule has 4 nitrogen and oxygen atoms in total. The standard InChI is InChI=1S/C14H23N3O/c1-10(2)9-13(15)14(18)16-11-5-7-12(8-6-11)17(3)4/h5-8,10,13H,9,15H2,1-4H3,(H,16,18). The minimum absolute atomic E-state index is 0.124. The van der Waals surface area contributed by atoms with Crippen LogP contribution in [-0.2, 0) is 4.79 Å². The van der Waals surface area contributed by atoms with Crippen molar-refractivity contribution in [2.45, 2.75) is 26.3 Å². The van der Waals surface area contributed by atoms with Crippen LogP contribution >= 0.6 is 0 Å².